The van der Waals surface area contributed by atoms with Gasteiger partial charge in [0.25, 0.3) is 0 Å². The molecule has 2 unspecified atom stereocenters. The molecule has 7 heteroatoms. The smallest absolute Gasteiger partial charge is 0.305 e. The lowest BCUT2D eigenvalue weighted by Gasteiger charge is -2.36. The number of carbonyl (C=O) groups excluding carboxylic acids is 1. The van der Waals surface area contributed by atoms with E-state index in [0.717, 1.165) is 12.8 Å². The molecule has 6 nitrogen and oxygen atoms in total. The minimum absolute atomic E-state index is 0.286. The lowest BCUT2D eigenvalue weighted by Crippen LogP contribution is -2.48. The fourth-order valence-corrected chi connectivity index (χ4v) is 3.00. The third-order valence-electron chi connectivity index (χ3n) is 3.63. The van der Waals surface area contributed by atoms with Gasteiger partial charge >= 0.3 is 5.97 Å². The van der Waals surface area contributed by atoms with Gasteiger partial charge in [-0.2, -0.15) is 0 Å². The first-order valence-electron chi connectivity index (χ1n) is 7.95. The third kappa shape index (κ3) is 5.26. The zero-order valence-corrected chi connectivity index (χ0v) is 15.6. The van der Waals surface area contributed by atoms with Crippen LogP contribution in [0.25, 0.3) is 0 Å². The molecule has 0 spiro atoms. The Morgan fingerprint density at radius 2 is 2.22 bits per heavy atom. The normalized spacial score (nSPS) is 33.3. The molecule has 0 amide bonds. The molecule has 0 N–H and O–H groups in total. The van der Waals surface area contributed by atoms with Gasteiger partial charge in [0.1, 0.15) is 18.3 Å². The average Bonchev–Trinajstić information content (AvgIpc) is 2.81. The van der Waals surface area contributed by atoms with E-state index < -0.39 is 24.2 Å². The molecule has 0 bridgehead atoms. The summed E-state index contributed by atoms with van der Waals surface area (Å²) in [6, 6.07) is 0. The summed E-state index contributed by atoms with van der Waals surface area (Å²) in [6.45, 7) is 8.21. The first kappa shape index (κ1) is 18.9. The van der Waals surface area contributed by atoms with Gasteiger partial charge in [0, 0.05) is 13.5 Å². The Morgan fingerprint density at radius 1 is 1.48 bits per heavy atom. The second-order valence-corrected chi connectivity index (χ2v) is 7.07. The summed E-state index contributed by atoms with van der Waals surface area (Å²) in [6.07, 6.45) is 2.14. The van der Waals surface area contributed by atoms with Crippen LogP contribution in [-0.2, 0) is 28.5 Å². The molecule has 23 heavy (non-hydrogen) atoms. The van der Waals surface area contributed by atoms with Crippen molar-refractivity contribution in [2.24, 2.45) is 0 Å². The van der Waals surface area contributed by atoms with E-state index >= 15 is 0 Å². The molecule has 2 heterocycles. The number of hydrogen-bond acceptors (Lipinski definition) is 6. The van der Waals surface area contributed by atoms with Crippen molar-refractivity contribution in [2.45, 2.75) is 70.9 Å². The van der Waals surface area contributed by atoms with Crippen LogP contribution in [0.4, 0.5) is 0 Å². The SMILES string of the molecule is CCCCO[C@@H]1C=C(Br)C(OC(C)=O)OC1[C@H]1COC(C)(C)O1. The molecule has 0 aromatic heterocycles. The Hall–Kier alpha value is -0.470. The van der Waals surface area contributed by atoms with Gasteiger partial charge in [0.15, 0.2) is 5.79 Å². The Balaban J connectivity index is 2.11. The van der Waals surface area contributed by atoms with Crippen LogP contribution in [0.2, 0.25) is 0 Å². The maximum absolute atomic E-state index is 11.2. The highest BCUT2D eigenvalue weighted by molar-refractivity contribution is 9.11. The number of halogens is 1. The van der Waals surface area contributed by atoms with Crippen LogP contribution in [0.1, 0.15) is 40.5 Å². The van der Waals surface area contributed by atoms with Crippen molar-refractivity contribution in [2.75, 3.05) is 13.2 Å². The lowest BCUT2D eigenvalue weighted by atomic mass is 10.1. The van der Waals surface area contributed by atoms with Crippen LogP contribution < -0.4 is 0 Å². The minimum Gasteiger partial charge on any atom is -0.431 e. The predicted molar refractivity (Wildman–Crippen MR) is 87.0 cm³/mol. The Kier molecular flexibility index (Phi) is 6.62. The van der Waals surface area contributed by atoms with Gasteiger partial charge in [-0.25, -0.2) is 0 Å². The molecular formula is C16H25BrO6. The van der Waals surface area contributed by atoms with Crippen LogP contribution >= 0.6 is 15.9 Å². The Morgan fingerprint density at radius 3 is 2.78 bits per heavy atom. The van der Waals surface area contributed by atoms with Crippen LogP contribution in [-0.4, -0.2) is 49.6 Å². The van der Waals surface area contributed by atoms with Gasteiger partial charge in [0.05, 0.1) is 11.1 Å². The van der Waals surface area contributed by atoms with E-state index in [-0.39, 0.29) is 12.2 Å². The summed E-state index contributed by atoms with van der Waals surface area (Å²) in [4.78, 5) is 11.2. The highest BCUT2D eigenvalue weighted by atomic mass is 79.9. The minimum atomic E-state index is -0.782. The molecule has 2 aliphatic rings. The molecule has 0 aromatic carbocycles. The van der Waals surface area contributed by atoms with Crippen molar-refractivity contribution < 1.29 is 28.5 Å². The Labute approximate surface area is 145 Å². The summed E-state index contributed by atoms with van der Waals surface area (Å²) >= 11 is 3.40. The van der Waals surface area contributed by atoms with Crippen molar-refractivity contribution in [3.63, 3.8) is 0 Å². The first-order valence-corrected chi connectivity index (χ1v) is 8.75. The number of carbonyl (C=O) groups is 1. The fraction of sp³-hybridized carbons (Fsp3) is 0.812. The topological polar surface area (TPSA) is 63.2 Å². The number of ether oxygens (including phenoxy) is 5. The van der Waals surface area contributed by atoms with Crippen molar-refractivity contribution in [1.82, 2.24) is 0 Å². The highest BCUT2D eigenvalue weighted by Crippen LogP contribution is 2.34. The maximum atomic E-state index is 11.2. The van der Waals surface area contributed by atoms with E-state index in [4.69, 9.17) is 23.7 Å². The lowest BCUT2D eigenvalue weighted by molar-refractivity contribution is -0.220. The van der Waals surface area contributed by atoms with Crippen LogP contribution in [0, 0.1) is 0 Å². The largest absolute Gasteiger partial charge is 0.431 e. The molecule has 1 saturated heterocycles. The summed E-state index contributed by atoms with van der Waals surface area (Å²) < 4.78 is 29.2. The summed E-state index contributed by atoms with van der Waals surface area (Å²) in [7, 11) is 0. The molecule has 132 valence electrons. The molecule has 0 saturated carbocycles. The number of rotatable bonds is 6. The number of unbranched alkanes of at least 4 members (excludes halogenated alkanes) is 1. The van der Waals surface area contributed by atoms with E-state index in [9.17, 15) is 4.79 Å². The molecule has 0 aliphatic carbocycles. The van der Waals surface area contributed by atoms with Crippen LogP contribution in [0.3, 0.4) is 0 Å². The number of hydrogen-bond donors (Lipinski definition) is 0. The van der Waals surface area contributed by atoms with Crippen molar-refractivity contribution in [1.29, 1.82) is 0 Å². The monoisotopic (exact) mass is 392 g/mol. The Bertz CT molecular complexity index is 450. The van der Waals surface area contributed by atoms with Crippen LogP contribution in [0.5, 0.6) is 0 Å². The summed E-state index contributed by atoms with van der Waals surface area (Å²) in [5.41, 5.74) is 0. The first-order chi connectivity index (χ1) is 10.8. The van der Waals surface area contributed by atoms with Gasteiger partial charge < -0.3 is 23.7 Å². The van der Waals surface area contributed by atoms with Crippen molar-refractivity contribution >= 4 is 21.9 Å². The third-order valence-corrected chi connectivity index (χ3v) is 4.27. The average molecular weight is 393 g/mol. The second-order valence-electron chi connectivity index (χ2n) is 6.15. The molecule has 4 atom stereocenters. The van der Waals surface area contributed by atoms with E-state index in [2.05, 4.69) is 22.9 Å². The van der Waals surface area contributed by atoms with E-state index in [1.165, 1.54) is 6.92 Å². The second kappa shape index (κ2) is 8.07. The number of esters is 1. The summed E-state index contributed by atoms with van der Waals surface area (Å²) in [5.74, 6) is -1.06. The summed E-state index contributed by atoms with van der Waals surface area (Å²) in [5, 5.41) is 0. The highest BCUT2D eigenvalue weighted by Gasteiger charge is 2.45. The standard InChI is InChI=1S/C16H25BrO6/c1-5-6-7-19-12-8-11(17)15(21-10(2)18)22-14(12)13-9-20-16(3,4)23-13/h8,12-15H,5-7,9H2,1-4H3/t12-,13-,14?,15?/m1/s1. The molecular weight excluding hydrogens is 368 g/mol. The van der Waals surface area contributed by atoms with E-state index in [1.807, 2.05) is 19.9 Å². The maximum Gasteiger partial charge on any atom is 0.305 e. The molecule has 1 fully saturated rings. The van der Waals surface area contributed by atoms with E-state index in [0.29, 0.717) is 17.7 Å². The van der Waals surface area contributed by atoms with Crippen molar-refractivity contribution in [3.8, 4) is 0 Å². The molecule has 0 aromatic rings. The fourth-order valence-electron chi connectivity index (χ4n) is 2.53. The predicted octanol–water partition coefficient (Wildman–Crippen LogP) is 2.89. The van der Waals surface area contributed by atoms with E-state index in [1.54, 1.807) is 0 Å². The molecule has 0 radical (unpaired) electrons. The van der Waals surface area contributed by atoms with Gasteiger partial charge in [0.2, 0.25) is 6.29 Å². The molecule has 2 aliphatic heterocycles. The van der Waals surface area contributed by atoms with Gasteiger partial charge in [-0.05, 0) is 42.3 Å². The van der Waals surface area contributed by atoms with Gasteiger partial charge in [-0.15, -0.1) is 0 Å². The van der Waals surface area contributed by atoms with Crippen molar-refractivity contribution in [3.05, 3.63) is 10.6 Å². The zero-order valence-electron chi connectivity index (χ0n) is 14.0. The zero-order chi connectivity index (χ0) is 17.0. The quantitative estimate of drug-likeness (QED) is 0.511. The van der Waals surface area contributed by atoms with Gasteiger partial charge in [-0.3, -0.25) is 4.79 Å². The molecule has 2 rings (SSSR count). The van der Waals surface area contributed by atoms with Crippen LogP contribution in [0.15, 0.2) is 10.6 Å². The van der Waals surface area contributed by atoms with Gasteiger partial charge in [-0.1, -0.05) is 13.3 Å².